The Hall–Kier alpha value is -1.85. The minimum Gasteiger partial charge on any atom is -0.462 e. The second-order valence-corrected chi connectivity index (χ2v) is 24.5. The molecule has 0 saturated heterocycles. The molecular formula is C72H138O6. The van der Waals surface area contributed by atoms with Gasteiger partial charge in [-0.05, 0) is 44.9 Å². The molecule has 6 heteroatoms. The molecule has 78 heavy (non-hydrogen) atoms. The molecule has 1 atom stereocenters. The SMILES string of the molecule is CCCCCCCCCC/C=C\CCCCCCCCCCCCCCCCCCCCCCCC(=O)OCC(COC(=O)CCCCCCCCCC)OC(=O)CCCCCCCCCCCCCCCCCCCCC. The van der Waals surface area contributed by atoms with Gasteiger partial charge in [0, 0.05) is 19.3 Å². The highest BCUT2D eigenvalue weighted by Gasteiger charge is 2.19. The van der Waals surface area contributed by atoms with Crippen LogP contribution >= 0.6 is 0 Å². The third-order valence-corrected chi connectivity index (χ3v) is 16.5. The Morgan fingerprint density at radius 1 is 0.244 bits per heavy atom. The molecule has 0 aromatic heterocycles. The number of rotatable bonds is 67. The van der Waals surface area contributed by atoms with Crippen molar-refractivity contribution in [1.29, 1.82) is 0 Å². The van der Waals surface area contributed by atoms with Crippen LogP contribution in [0.25, 0.3) is 0 Å². The molecule has 0 rings (SSSR count). The number of esters is 3. The van der Waals surface area contributed by atoms with Crippen LogP contribution in [0.2, 0.25) is 0 Å². The largest absolute Gasteiger partial charge is 0.462 e. The van der Waals surface area contributed by atoms with Gasteiger partial charge in [-0.15, -0.1) is 0 Å². The summed E-state index contributed by atoms with van der Waals surface area (Å²) in [6.07, 6.45) is 81.4. The van der Waals surface area contributed by atoms with Gasteiger partial charge < -0.3 is 14.2 Å². The summed E-state index contributed by atoms with van der Waals surface area (Å²) in [5, 5.41) is 0. The van der Waals surface area contributed by atoms with E-state index in [0.29, 0.717) is 19.3 Å². The molecule has 0 aromatic rings. The minimum absolute atomic E-state index is 0.0624. The second kappa shape index (κ2) is 67.7. The molecule has 462 valence electrons. The van der Waals surface area contributed by atoms with Gasteiger partial charge >= 0.3 is 17.9 Å². The van der Waals surface area contributed by atoms with Crippen LogP contribution in [0.1, 0.15) is 412 Å². The van der Waals surface area contributed by atoms with Gasteiger partial charge in [-0.25, -0.2) is 0 Å². The Labute approximate surface area is 488 Å². The van der Waals surface area contributed by atoms with E-state index in [1.165, 1.54) is 315 Å². The van der Waals surface area contributed by atoms with Crippen LogP contribution in [0.15, 0.2) is 12.2 Å². The maximum atomic E-state index is 12.9. The van der Waals surface area contributed by atoms with E-state index in [-0.39, 0.29) is 31.1 Å². The van der Waals surface area contributed by atoms with Gasteiger partial charge in [0.25, 0.3) is 0 Å². The molecule has 0 spiro atoms. The number of hydrogen-bond donors (Lipinski definition) is 0. The lowest BCUT2D eigenvalue weighted by atomic mass is 10.0. The average molecular weight is 1100 g/mol. The highest BCUT2D eigenvalue weighted by molar-refractivity contribution is 5.71. The maximum Gasteiger partial charge on any atom is 0.306 e. The van der Waals surface area contributed by atoms with Crippen molar-refractivity contribution >= 4 is 17.9 Å². The predicted molar refractivity (Wildman–Crippen MR) is 340 cm³/mol. The molecule has 0 amide bonds. The molecule has 6 nitrogen and oxygen atoms in total. The zero-order valence-electron chi connectivity index (χ0n) is 53.2. The molecule has 0 aliphatic rings. The number of unbranched alkanes of at least 4 members (excludes halogenated alkanes) is 54. The number of hydrogen-bond acceptors (Lipinski definition) is 6. The Kier molecular flexibility index (Phi) is 66.0. The van der Waals surface area contributed by atoms with Crippen molar-refractivity contribution in [3.8, 4) is 0 Å². The summed E-state index contributed by atoms with van der Waals surface area (Å²) in [4.78, 5) is 38.2. The first-order valence-electron chi connectivity index (χ1n) is 35.7. The van der Waals surface area contributed by atoms with Crippen LogP contribution in [0, 0.1) is 0 Å². The monoisotopic (exact) mass is 1100 g/mol. The van der Waals surface area contributed by atoms with Crippen molar-refractivity contribution in [3.05, 3.63) is 12.2 Å². The normalized spacial score (nSPS) is 12.0. The Bertz CT molecular complexity index is 1210. The van der Waals surface area contributed by atoms with Crippen molar-refractivity contribution in [3.63, 3.8) is 0 Å². The van der Waals surface area contributed by atoms with Gasteiger partial charge in [0.05, 0.1) is 0 Å². The van der Waals surface area contributed by atoms with E-state index in [1.807, 2.05) is 0 Å². The zero-order chi connectivity index (χ0) is 56.4. The summed E-state index contributed by atoms with van der Waals surface area (Å²) in [5.74, 6) is -0.834. The Balaban J connectivity index is 3.97. The summed E-state index contributed by atoms with van der Waals surface area (Å²) in [6, 6.07) is 0. The van der Waals surface area contributed by atoms with Crippen LogP contribution in [-0.4, -0.2) is 37.2 Å². The fourth-order valence-electron chi connectivity index (χ4n) is 11.2. The highest BCUT2D eigenvalue weighted by Crippen LogP contribution is 2.19. The standard InChI is InChI=1S/C72H138O6/c1-4-7-10-13-16-19-21-23-25-27-29-30-31-32-33-34-35-36-37-38-39-40-41-42-44-45-47-49-51-53-56-59-62-65-71(74)77-68-69(67-76-70(73)64-61-58-55-18-15-12-9-6-3)78-72(75)66-63-60-57-54-52-50-48-46-43-28-26-24-22-20-17-14-11-8-5-2/h27,29,69H,4-26,28,30-68H2,1-3H3/b29-27-. The molecule has 0 heterocycles. The van der Waals surface area contributed by atoms with Crippen LogP contribution in [0.3, 0.4) is 0 Å². The van der Waals surface area contributed by atoms with Gasteiger partial charge in [0.2, 0.25) is 0 Å². The third-order valence-electron chi connectivity index (χ3n) is 16.5. The van der Waals surface area contributed by atoms with Gasteiger partial charge in [0.1, 0.15) is 13.2 Å². The number of carbonyl (C=O) groups is 3. The molecule has 0 aliphatic carbocycles. The number of ether oxygens (including phenoxy) is 3. The van der Waals surface area contributed by atoms with E-state index < -0.39 is 6.10 Å². The predicted octanol–water partition coefficient (Wildman–Crippen LogP) is 24.4. The van der Waals surface area contributed by atoms with Crippen molar-refractivity contribution < 1.29 is 28.6 Å². The molecule has 0 aromatic carbocycles. The van der Waals surface area contributed by atoms with Crippen LogP contribution in [0.5, 0.6) is 0 Å². The zero-order valence-corrected chi connectivity index (χ0v) is 53.2. The van der Waals surface area contributed by atoms with E-state index >= 15 is 0 Å². The first-order chi connectivity index (χ1) is 38.5. The topological polar surface area (TPSA) is 78.9 Å². The lowest BCUT2D eigenvalue weighted by Gasteiger charge is -2.18. The third kappa shape index (κ3) is 65.0. The molecule has 0 saturated carbocycles. The molecule has 0 aliphatic heterocycles. The molecule has 0 N–H and O–H groups in total. The van der Waals surface area contributed by atoms with Crippen molar-refractivity contribution in [2.24, 2.45) is 0 Å². The van der Waals surface area contributed by atoms with E-state index in [2.05, 4.69) is 32.9 Å². The van der Waals surface area contributed by atoms with E-state index in [0.717, 1.165) is 57.8 Å². The average Bonchev–Trinajstić information content (AvgIpc) is 3.44. The molecular weight excluding hydrogens is 961 g/mol. The summed E-state index contributed by atoms with van der Waals surface area (Å²) in [5.41, 5.74) is 0. The molecule has 1 unspecified atom stereocenters. The Morgan fingerprint density at radius 3 is 0.641 bits per heavy atom. The summed E-state index contributed by atoms with van der Waals surface area (Å²) >= 11 is 0. The number of allylic oxidation sites excluding steroid dienone is 2. The van der Waals surface area contributed by atoms with Crippen molar-refractivity contribution in [1.82, 2.24) is 0 Å². The fraction of sp³-hybridized carbons (Fsp3) is 0.931. The van der Waals surface area contributed by atoms with Crippen LogP contribution < -0.4 is 0 Å². The summed E-state index contributed by atoms with van der Waals surface area (Å²) < 4.78 is 16.9. The first-order valence-corrected chi connectivity index (χ1v) is 35.7. The highest BCUT2D eigenvalue weighted by atomic mass is 16.6. The van der Waals surface area contributed by atoms with Crippen molar-refractivity contribution in [2.75, 3.05) is 13.2 Å². The van der Waals surface area contributed by atoms with E-state index in [4.69, 9.17) is 14.2 Å². The summed E-state index contributed by atoms with van der Waals surface area (Å²) in [6.45, 7) is 6.69. The molecule has 0 radical (unpaired) electrons. The minimum atomic E-state index is -0.763. The smallest absolute Gasteiger partial charge is 0.306 e. The molecule has 0 bridgehead atoms. The van der Waals surface area contributed by atoms with E-state index in [1.54, 1.807) is 0 Å². The van der Waals surface area contributed by atoms with E-state index in [9.17, 15) is 14.4 Å². The van der Waals surface area contributed by atoms with Gasteiger partial charge in [-0.3, -0.25) is 14.4 Å². The fourth-order valence-corrected chi connectivity index (χ4v) is 11.2. The lowest BCUT2D eigenvalue weighted by Crippen LogP contribution is -2.30. The van der Waals surface area contributed by atoms with Gasteiger partial charge in [0.15, 0.2) is 6.10 Å². The van der Waals surface area contributed by atoms with Gasteiger partial charge in [-0.2, -0.15) is 0 Å². The number of carbonyl (C=O) groups excluding carboxylic acids is 3. The van der Waals surface area contributed by atoms with Crippen LogP contribution in [0.4, 0.5) is 0 Å². The summed E-state index contributed by atoms with van der Waals surface area (Å²) in [7, 11) is 0. The second-order valence-electron chi connectivity index (χ2n) is 24.5. The Morgan fingerprint density at radius 2 is 0.423 bits per heavy atom. The first kappa shape index (κ1) is 76.1. The molecule has 0 fully saturated rings. The lowest BCUT2D eigenvalue weighted by molar-refractivity contribution is -0.167. The van der Waals surface area contributed by atoms with Crippen molar-refractivity contribution in [2.45, 2.75) is 419 Å². The van der Waals surface area contributed by atoms with Crippen LogP contribution in [-0.2, 0) is 28.6 Å². The quantitative estimate of drug-likeness (QED) is 0.0261. The van der Waals surface area contributed by atoms with Gasteiger partial charge in [-0.1, -0.05) is 360 Å². The maximum absolute atomic E-state index is 12.9.